The second-order valence-corrected chi connectivity index (χ2v) is 5.94. The Kier molecular flexibility index (Phi) is 3.35. The fraction of sp³-hybridized carbons (Fsp3) is 0.571. The number of rotatable bonds is 3. The third-order valence-electron chi connectivity index (χ3n) is 4.06. The fourth-order valence-electron chi connectivity index (χ4n) is 3.13. The topological polar surface area (TPSA) is 42.2 Å². The van der Waals surface area contributed by atoms with Gasteiger partial charge in [-0.1, -0.05) is 19.8 Å². The van der Waals surface area contributed by atoms with Gasteiger partial charge in [0.2, 0.25) is 0 Å². The zero-order valence-electron chi connectivity index (χ0n) is 11.1. The van der Waals surface area contributed by atoms with Crippen LogP contribution in [0.5, 0.6) is 0 Å². The van der Waals surface area contributed by atoms with Gasteiger partial charge in [-0.3, -0.25) is 0 Å². The van der Waals surface area contributed by atoms with Crippen LogP contribution in [0.1, 0.15) is 32.6 Å². The summed E-state index contributed by atoms with van der Waals surface area (Å²) in [6.07, 6.45) is 10.2. The molecule has 0 amide bonds. The summed E-state index contributed by atoms with van der Waals surface area (Å²) in [7, 11) is 0. The maximum atomic E-state index is 6.26. The van der Waals surface area contributed by atoms with Crippen molar-refractivity contribution >= 4 is 22.9 Å². The first kappa shape index (κ1) is 12.7. The Bertz CT molecular complexity index is 567. The first-order valence-corrected chi connectivity index (χ1v) is 7.38. The van der Waals surface area contributed by atoms with Gasteiger partial charge in [0.25, 0.3) is 0 Å². The van der Waals surface area contributed by atoms with Gasteiger partial charge in [0.05, 0.1) is 11.7 Å². The van der Waals surface area contributed by atoms with E-state index in [0.29, 0.717) is 11.8 Å². The van der Waals surface area contributed by atoms with Crippen LogP contribution in [0.25, 0.3) is 5.52 Å². The van der Waals surface area contributed by atoms with Gasteiger partial charge < -0.3 is 5.32 Å². The summed E-state index contributed by atoms with van der Waals surface area (Å²) in [6.45, 7) is 2.30. The van der Waals surface area contributed by atoms with Gasteiger partial charge in [0.15, 0.2) is 5.82 Å². The predicted molar refractivity (Wildman–Crippen MR) is 77.7 cm³/mol. The summed E-state index contributed by atoms with van der Waals surface area (Å²) in [4.78, 5) is 4.46. The maximum absolute atomic E-state index is 6.26. The average molecular weight is 279 g/mol. The summed E-state index contributed by atoms with van der Waals surface area (Å²) >= 11 is 6.26. The van der Waals surface area contributed by atoms with Gasteiger partial charge in [0.1, 0.15) is 5.52 Å². The molecular weight excluding hydrogens is 260 g/mol. The standard InChI is InChI=1S/C14H19ClN4/c1-11-3-2-5-14(9-11,10-15)18-13-12-4-6-17-19(12)8-7-16-13/h4,6-8,11H,2-3,5,9-10H2,1H3,(H,16,18). The molecule has 1 aliphatic rings. The molecule has 5 heteroatoms. The normalized spacial score (nSPS) is 27.6. The van der Waals surface area contributed by atoms with Gasteiger partial charge in [-0.05, 0) is 24.8 Å². The van der Waals surface area contributed by atoms with E-state index >= 15 is 0 Å². The number of nitrogens with zero attached hydrogens (tertiary/aromatic N) is 3. The van der Waals surface area contributed by atoms with E-state index in [-0.39, 0.29) is 5.54 Å². The van der Waals surface area contributed by atoms with Gasteiger partial charge in [-0.2, -0.15) is 5.10 Å². The highest BCUT2D eigenvalue weighted by Gasteiger charge is 2.34. The van der Waals surface area contributed by atoms with Crippen LogP contribution >= 0.6 is 11.6 Å². The molecule has 0 aliphatic heterocycles. The lowest BCUT2D eigenvalue weighted by Crippen LogP contribution is -2.44. The van der Waals surface area contributed by atoms with Crippen molar-refractivity contribution in [2.45, 2.75) is 38.1 Å². The minimum Gasteiger partial charge on any atom is -0.362 e. The quantitative estimate of drug-likeness (QED) is 0.876. The molecule has 4 nitrogen and oxygen atoms in total. The Hall–Kier alpha value is -1.29. The van der Waals surface area contributed by atoms with Crippen molar-refractivity contribution in [3.63, 3.8) is 0 Å². The van der Waals surface area contributed by atoms with E-state index in [1.54, 1.807) is 12.4 Å². The number of nitrogens with one attached hydrogen (secondary N) is 1. The van der Waals surface area contributed by atoms with E-state index in [4.69, 9.17) is 11.6 Å². The summed E-state index contributed by atoms with van der Waals surface area (Å²) in [5, 5.41) is 7.84. The number of hydrogen-bond donors (Lipinski definition) is 1. The molecule has 2 atom stereocenters. The van der Waals surface area contributed by atoms with Crippen LogP contribution < -0.4 is 5.32 Å². The molecule has 2 aromatic rings. The van der Waals surface area contributed by atoms with Crippen molar-refractivity contribution in [2.75, 3.05) is 11.2 Å². The minimum absolute atomic E-state index is 0.0294. The monoisotopic (exact) mass is 278 g/mol. The molecule has 2 unspecified atom stereocenters. The molecule has 1 fully saturated rings. The fourth-order valence-corrected chi connectivity index (χ4v) is 3.44. The Morgan fingerprint density at radius 1 is 1.53 bits per heavy atom. The van der Waals surface area contributed by atoms with Gasteiger partial charge in [-0.15, -0.1) is 11.6 Å². The van der Waals surface area contributed by atoms with Crippen molar-refractivity contribution in [3.05, 3.63) is 24.7 Å². The lowest BCUT2D eigenvalue weighted by atomic mass is 9.77. The summed E-state index contributed by atoms with van der Waals surface area (Å²) in [5.41, 5.74) is 0.975. The molecule has 19 heavy (non-hydrogen) atoms. The van der Waals surface area contributed by atoms with Crippen LogP contribution in [-0.2, 0) is 0 Å². The molecule has 1 N–H and O–H groups in total. The van der Waals surface area contributed by atoms with Crippen LogP contribution in [0.2, 0.25) is 0 Å². The third kappa shape index (κ3) is 2.41. The first-order valence-electron chi connectivity index (χ1n) is 6.85. The second kappa shape index (κ2) is 5.00. The van der Waals surface area contributed by atoms with Crippen LogP contribution in [-0.4, -0.2) is 26.0 Å². The highest BCUT2D eigenvalue weighted by molar-refractivity contribution is 6.18. The van der Waals surface area contributed by atoms with Crippen molar-refractivity contribution < 1.29 is 0 Å². The van der Waals surface area contributed by atoms with Gasteiger partial charge in [-0.25, -0.2) is 9.50 Å². The highest BCUT2D eigenvalue weighted by Crippen LogP contribution is 2.36. The average Bonchev–Trinajstić information content (AvgIpc) is 2.88. The zero-order valence-corrected chi connectivity index (χ0v) is 11.9. The summed E-state index contributed by atoms with van der Waals surface area (Å²) < 4.78 is 1.84. The van der Waals surface area contributed by atoms with Crippen LogP contribution in [0.15, 0.2) is 24.7 Å². The predicted octanol–water partition coefficient (Wildman–Crippen LogP) is 3.33. The van der Waals surface area contributed by atoms with E-state index in [1.165, 1.54) is 12.8 Å². The second-order valence-electron chi connectivity index (χ2n) is 5.68. The smallest absolute Gasteiger partial charge is 0.152 e. The van der Waals surface area contributed by atoms with Crippen LogP contribution in [0.4, 0.5) is 5.82 Å². The summed E-state index contributed by atoms with van der Waals surface area (Å²) in [5.74, 6) is 2.22. The molecule has 0 aromatic carbocycles. The van der Waals surface area contributed by atoms with Crippen LogP contribution in [0.3, 0.4) is 0 Å². The lowest BCUT2D eigenvalue weighted by Gasteiger charge is -2.39. The molecule has 0 spiro atoms. The number of halogens is 1. The summed E-state index contributed by atoms with van der Waals surface area (Å²) in [6, 6.07) is 1.98. The molecule has 1 aliphatic carbocycles. The molecule has 2 heterocycles. The molecule has 3 rings (SSSR count). The molecule has 0 saturated heterocycles. The van der Waals surface area contributed by atoms with Crippen molar-refractivity contribution in [2.24, 2.45) is 5.92 Å². The number of anilines is 1. The van der Waals surface area contributed by atoms with Crippen LogP contribution in [0, 0.1) is 5.92 Å². The third-order valence-corrected chi connectivity index (χ3v) is 4.57. The van der Waals surface area contributed by atoms with E-state index in [1.807, 2.05) is 16.8 Å². The van der Waals surface area contributed by atoms with E-state index < -0.39 is 0 Å². The maximum Gasteiger partial charge on any atom is 0.152 e. The molecule has 102 valence electrons. The number of hydrogen-bond acceptors (Lipinski definition) is 3. The molecule has 1 saturated carbocycles. The Labute approximate surface area is 118 Å². The largest absolute Gasteiger partial charge is 0.362 e. The van der Waals surface area contributed by atoms with E-state index in [9.17, 15) is 0 Å². The lowest BCUT2D eigenvalue weighted by molar-refractivity contribution is 0.279. The molecule has 0 bridgehead atoms. The molecule has 0 radical (unpaired) electrons. The first-order chi connectivity index (χ1) is 9.22. The Morgan fingerprint density at radius 2 is 2.42 bits per heavy atom. The van der Waals surface area contributed by atoms with Gasteiger partial charge in [0, 0.05) is 18.3 Å². The van der Waals surface area contributed by atoms with E-state index in [2.05, 4.69) is 22.3 Å². The van der Waals surface area contributed by atoms with Crippen molar-refractivity contribution in [3.8, 4) is 0 Å². The van der Waals surface area contributed by atoms with Crippen molar-refractivity contribution in [1.82, 2.24) is 14.6 Å². The van der Waals surface area contributed by atoms with E-state index in [0.717, 1.165) is 24.2 Å². The zero-order chi connectivity index (χ0) is 13.3. The highest BCUT2D eigenvalue weighted by atomic mass is 35.5. The number of fused-ring (bicyclic) bond motifs is 1. The SMILES string of the molecule is CC1CCCC(CCl)(Nc2nccn3nccc23)C1. The Balaban J connectivity index is 1.92. The van der Waals surface area contributed by atoms with Gasteiger partial charge >= 0.3 is 0 Å². The molecule has 2 aromatic heterocycles. The minimum atomic E-state index is -0.0294. The number of aromatic nitrogens is 3. The Morgan fingerprint density at radius 3 is 3.21 bits per heavy atom. The molecular formula is C14H19ClN4. The van der Waals surface area contributed by atoms with Crippen molar-refractivity contribution in [1.29, 1.82) is 0 Å². The number of alkyl halides is 1.